The lowest BCUT2D eigenvalue weighted by Crippen LogP contribution is -2.11. The Balaban J connectivity index is 1.98. The SMILES string of the molecule is CCCCCCc1cc(OC)c(OC)cc1C(C)Nc1cc(C)nc2c(OC)cccc12. The van der Waals surface area contributed by atoms with E-state index in [9.17, 15) is 0 Å². The molecule has 5 heteroatoms. The average Bonchev–Trinajstić information content (AvgIpc) is 2.80. The van der Waals surface area contributed by atoms with Crippen molar-refractivity contribution in [1.29, 1.82) is 0 Å². The van der Waals surface area contributed by atoms with E-state index in [1.54, 1.807) is 21.3 Å². The number of fused-ring (bicyclic) bond motifs is 1. The van der Waals surface area contributed by atoms with Crippen molar-refractivity contribution in [2.24, 2.45) is 0 Å². The maximum absolute atomic E-state index is 5.62. The van der Waals surface area contributed by atoms with Gasteiger partial charge in [-0.1, -0.05) is 38.3 Å². The van der Waals surface area contributed by atoms with Crippen LogP contribution in [-0.4, -0.2) is 26.3 Å². The van der Waals surface area contributed by atoms with Crippen molar-refractivity contribution in [3.8, 4) is 17.2 Å². The number of nitrogens with one attached hydrogen (secondary N) is 1. The van der Waals surface area contributed by atoms with Crippen LogP contribution in [0.4, 0.5) is 5.69 Å². The van der Waals surface area contributed by atoms with Crippen molar-refractivity contribution in [1.82, 2.24) is 4.98 Å². The molecule has 2 aromatic carbocycles. The molecule has 0 saturated carbocycles. The molecule has 0 bridgehead atoms. The van der Waals surface area contributed by atoms with Crippen molar-refractivity contribution in [2.75, 3.05) is 26.6 Å². The van der Waals surface area contributed by atoms with Gasteiger partial charge < -0.3 is 19.5 Å². The monoisotopic (exact) mass is 436 g/mol. The van der Waals surface area contributed by atoms with Crippen molar-refractivity contribution in [2.45, 2.75) is 58.9 Å². The molecule has 0 spiro atoms. The Kier molecular flexibility index (Phi) is 8.20. The number of ether oxygens (including phenoxy) is 3. The van der Waals surface area contributed by atoms with E-state index < -0.39 is 0 Å². The van der Waals surface area contributed by atoms with E-state index in [4.69, 9.17) is 19.2 Å². The fourth-order valence-corrected chi connectivity index (χ4v) is 4.24. The molecule has 1 heterocycles. The second-order valence-electron chi connectivity index (χ2n) is 8.25. The first kappa shape index (κ1) is 23.7. The Bertz CT molecular complexity index is 1050. The number of rotatable bonds is 11. The number of hydrogen-bond acceptors (Lipinski definition) is 5. The molecule has 5 nitrogen and oxygen atoms in total. The molecule has 1 unspecified atom stereocenters. The van der Waals surface area contributed by atoms with Crippen LogP contribution in [0.3, 0.4) is 0 Å². The summed E-state index contributed by atoms with van der Waals surface area (Å²) in [5, 5.41) is 4.78. The predicted octanol–water partition coefficient (Wildman–Crippen LogP) is 6.86. The van der Waals surface area contributed by atoms with Crippen LogP contribution in [-0.2, 0) is 6.42 Å². The summed E-state index contributed by atoms with van der Waals surface area (Å²) in [5.74, 6) is 2.32. The van der Waals surface area contributed by atoms with Crippen LogP contribution in [0.15, 0.2) is 36.4 Å². The third-order valence-electron chi connectivity index (χ3n) is 5.93. The average molecular weight is 437 g/mol. The molecule has 1 aromatic heterocycles. The van der Waals surface area contributed by atoms with Gasteiger partial charge in [0.25, 0.3) is 0 Å². The van der Waals surface area contributed by atoms with E-state index in [0.717, 1.165) is 52.4 Å². The fourth-order valence-electron chi connectivity index (χ4n) is 4.24. The van der Waals surface area contributed by atoms with Gasteiger partial charge in [0.15, 0.2) is 11.5 Å². The zero-order chi connectivity index (χ0) is 23.1. The second-order valence-corrected chi connectivity index (χ2v) is 8.25. The minimum atomic E-state index is 0.0761. The number of aromatic nitrogens is 1. The number of unbranched alkanes of at least 4 members (excludes halogenated alkanes) is 3. The lowest BCUT2D eigenvalue weighted by molar-refractivity contribution is 0.354. The van der Waals surface area contributed by atoms with E-state index in [0.29, 0.717) is 0 Å². The predicted molar refractivity (Wildman–Crippen MR) is 132 cm³/mol. The van der Waals surface area contributed by atoms with Crippen LogP contribution in [0.25, 0.3) is 10.9 Å². The minimum absolute atomic E-state index is 0.0761. The van der Waals surface area contributed by atoms with Gasteiger partial charge >= 0.3 is 0 Å². The number of nitrogens with zero attached hydrogens (tertiary/aromatic N) is 1. The molecule has 0 saturated heterocycles. The summed E-state index contributed by atoms with van der Waals surface area (Å²) in [6.07, 6.45) is 5.92. The zero-order valence-corrected chi connectivity index (χ0v) is 20.2. The lowest BCUT2D eigenvalue weighted by Gasteiger charge is -2.23. The highest BCUT2D eigenvalue weighted by molar-refractivity contribution is 5.95. The normalized spacial score (nSPS) is 11.9. The second kappa shape index (κ2) is 11.1. The van der Waals surface area contributed by atoms with Crippen molar-refractivity contribution in [3.05, 3.63) is 53.2 Å². The summed E-state index contributed by atoms with van der Waals surface area (Å²) < 4.78 is 16.7. The standard InChI is InChI=1S/C27H36N2O3/c1-7-8-9-10-12-20-16-25(31-5)26(32-6)17-22(20)19(3)29-23-15-18(2)28-27-21(23)13-11-14-24(27)30-4/h11,13-17,19H,7-10,12H2,1-6H3,(H,28,29). The van der Waals surface area contributed by atoms with Crippen LogP contribution >= 0.6 is 0 Å². The van der Waals surface area contributed by atoms with Crippen LogP contribution in [0.5, 0.6) is 17.2 Å². The smallest absolute Gasteiger partial charge is 0.161 e. The Morgan fingerprint density at radius 3 is 2.31 bits per heavy atom. The first-order valence-corrected chi connectivity index (χ1v) is 11.5. The molecule has 3 aromatic rings. The molecule has 1 atom stereocenters. The number of benzene rings is 2. The third kappa shape index (κ3) is 5.26. The highest BCUT2D eigenvalue weighted by atomic mass is 16.5. The molecular formula is C27H36N2O3. The summed E-state index contributed by atoms with van der Waals surface area (Å²) in [6.45, 7) is 6.44. The van der Waals surface area contributed by atoms with Gasteiger partial charge in [0.2, 0.25) is 0 Å². The highest BCUT2D eigenvalue weighted by Gasteiger charge is 2.18. The Morgan fingerprint density at radius 1 is 0.906 bits per heavy atom. The molecule has 32 heavy (non-hydrogen) atoms. The molecule has 0 aliphatic carbocycles. The molecule has 0 aliphatic heterocycles. The van der Waals surface area contributed by atoms with Crippen molar-refractivity contribution >= 4 is 16.6 Å². The van der Waals surface area contributed by atoms with Gasteiger partial charge in [-0.3, -0.25) is 0 Å². The molecule has 0 aliphatic rings. The summed E-state index contributed by atoms with van der Waals surface area (Å²) in [5.41, 5.74) is 5.39. The first-order chi connectivity index (χ1) is 15.5. The lowest BCUT2D eigenvalue weighted by atomic mass is 9.95. The van der Waals surface area contributed by atoms with Gasteiger partial charge in [-0.25, -0.2) is 4.98 Å². The largest absolute Gasteiger partial charge is 0.494 e. The van der Waals surface area contributed by atoms with Gasteiger partial charge in [0.1, 0.15) is 11.3 Å². The fraction of sp³-hybridized carbons (Fsp3) is 0.444. The van der Waals surface area contributed by atoms with Crippen LogP contribution < -0.4 is 19.5 Å². The van der Waals surface area contributed by atoms with Gasteiger partial charge in [0.05, 0.1) is 21.3 Å². The maximum Gasteiger partial charge on any atom is 0.161 e. The number of hydrogen-bond donors (Lipinski definition) is 1. The number of anilines is 1. The van der Waals surface area contributed by atoms with Gasteiger partial charge in [-0.05, 0) is 62.1 Å². The zero-order valence-electron chi connectivity index (χ0n) is 20.2. The van der Waals surface area contributed by atoms with E-state index >= 15 is 0 Å². The minimum Gasteiger partial charge on any atom is -0.494 e. The van der Waals surface area contributed by atoms with Gasteiger partial charge in [-0.15, -0.1) is 0 Å². The Labute approximate surface area is 192 Å². The molecule has 0 fully saturated rings. The molecule has 1 N–H and O–H groups in total. The third-order valence-corrected chi connectivity index (χ3v) is 5.93. The maximum atomic E-state index is 5.62. The van der Waals surface area contributed by atoms with E-state index in [-0.39, 0.29) is 6.04 Å². The molecular weight excluding hydrogens is 400 g/mol. The van der Waals surface area contributed by atoms with Crippen molar-refractivity contribution < 1.29 is 14.2 Å². The van der Waals surface area contributed by atoms with Crippen LogP contribution in [0.1, 0.15) is 62.4 Å². The molecule has 172 valence electrons. The summed E-state index contributed by atoms with van der Waals surface area (Å²) in [4.78, 5) is 4.71. The van der Waals surface area contributed by atoms with E-state index in [2.05, 4.69) is 43.4 Å². The summed E-state index contributed by atoms with van der Waals surface area (Å²) >= 11 is 0. The van der Waals surface area contributed by atoms with E-state index in [1.165, 1.54) is 30.4 Å². The highest BCUT2D eigenvalue weighted by Crippen LogP contribution is 2.37. The number of pyridine rings is 1. The number of aryl methyl sites for hydroxylation is 2. The van der Waals surface area contributed by atoms with Gasteiger partial charge in [-0.2, -0.15) is 0 Å². The Morgan fingerprint density at radius 2 is 1.62 bits per heavy atom. The van der Waals surface area contributed by atoms with Gasteiger partial charge in [0, 0.05) is 22.8 Å². The van der Waals surface area contributed by atoms with Crippen LogP contribution in [0.2, 0.25) is 0 Å². The number of para-hydroxylation sites is 1. The van der Waals surface area contributed by atoms with E-state index in [1.807, 2.05) is 19.1 Å². The molecule has 0 amide bonds. The van der Waals surface area contributed by atoms with Crippen molar-refractivity contribution in [3.63, 3.8) is 0 Å². The summed E-state index contributed by atoms with van der Waals surface area (Å²) in [6, 6.07) is 12.5. The quantitative estimate of drug-likeness (QED) is 0.333. The first-order valence-electron chi connectivity index (χ1n) is 11.5. The molecule has 3 rings (SSSR count). The number of methoxy groups -OCH3 is 3. The Hall–Kier alpha value is -2.95. The van der Waals surface area contributed by atoms with Crippen LogP contribution in [0, 0.1) is 6.92 Å². The molecule has 0 radical (unpaired) electrons. The summed E-state index contributed by atoms with van der Waals surface area (Å²) in [7, 11) is 5.06. The topological polar surface area (TPSA) is 52.6 Å².